The van der Waals surface area contributed by atoms with Gasteiger partial charge < -0.3 is 19.5 Å². The van der Waals surface area contributed by atoms with Crippen LogP contribution in [0.3, 0.4) is 0 Å². The number of rotatable bonds is 6. The topological polar surface area (TPSA) is 83.7 Å². The minimum absolute atomic E-state index is 0.0565. The molecule has 1 atom stereocenters. The molecule has 8 nitrogen and oxygen atoms in total. The van der Waals surface area contributed by atoms with Gasteiger partial charge in [-0.05, 0) is 44.8 Å². The number of carbonyl (C=O) groups excluding carboxylic acids is 1. The largest absolute Gasteiger partial charge is 0.384 e. The minimum atomic E-state index is -0.0565. The molecule has 8 heteroatoms. The summed E-state index contributed by atoms with van der Waals surface area (Å²) in [5.74, 6) is 1.22. The molecule has 0 bridgehead atoms. The normalized spacial score (nSPS) is 23.2. The quantitative estimate of drug-likeness (QED) is 0.789. The second-order valence-electron chi connectivity index (χ2n) is 7.43. The van der Waals surface area contributed by atoms with Gasteiger partial charge >= 0.3 is 0 Å². The number of aromatic nitrogens is 2. The molecule has 1 aromatic rings. The van der Waals surface area contributed by atoms with Gasteiger partial charge in [0.1, 0.15) is 0 Å². The molecule has 0 saturated carbocycles. The predicted octanol–water partition coefficient (Wildman–Crippen LogP) is 0.291. The van der Waals surface area contributed by atoms with Gasteiger partial charge in [-0.25, -0.2) is 0 Å². The highest BCUT2D eigenvalue weighted by molar-refractivity contribution is 5.82. The van der Waals surface area contributed by atoms with E-state index in [0.29, 0.717) is 36.7 Å². The molecule has 0 unspecified atom stereocenters. The number of methoxy groups -OCH3 is 1. The molecule has 0 aliphatic carbocycles. The first-order valence-corrected chi connectivity index (χ1v) is 8.99. The van der Waals surface area contributed by atoms with E-state index in [4.69, 9.17) is 9.26 Å². The van der Waals surface area contributed by atoms with E-state index in [0.717, 1.165) is 38.9 Å². The summed E-state index contributed by atoms with van der Waals surface area (Å²) in [7, 11) is 5.51. The summed E-state index contributed by atoms with van der Waals surface area (Å²) in [6, 6.07) is -0.0565. The first-order valence-electron chi connectivity index (χ1n) is 8.99. The van der Waals surface area contributed by atoms with E-state index < -0.39 is 0 Å². The van der Waals surface area contributed by atoms with Gasteiger partial charge in [-0.3, -0.25) is 9.69 Å². The molecule has 1 aromatic heterocycles. The second-order valence-corrected chi connectivity index (χ2v) is 7.43. The van der Waals surface area contributed by atoms with Crippen molar-refractivity contribution < 1.29 is 14.1 Å². The molecule has 140 valence electrons. The summed E-state index contributed by atoms with van der Waals surface area (Å²) in [6.07, 6.45) is 3.85. The number of hydrogen-bond acceptors (Lipinski definition) is 7. The van der Waals surface area contributed by atoms with Crippen LogP contribution >= 0.6 is 0 Å². The Morgan fingerprint density at radius 1 is 1.48 bits per heavy atom. The maximum atomic E-state index is 12.9. The van der Waals surface area contributed by atoms with Crippen molar-refractivity contribution in [1.29, 1.82) is 0 Å². The molecule has 2 aliphatic heterocycles. The number of amides is 1. The van der Waals surface area contributed by atoms with E-state index in [2.05, 4.69) is 27.4 Å². The Morgan fingerprint density at radius 2 is 2.24 bits per heavy atom. The van der Waals surface area contributed by atoms with Crippen molar-refractivity contribution in [2.75, 3.05) is 47.4 Å². The van der Waals surface area contributed by atoms with E-state index in [-0.39, 0.29) is 11.9 Å². The van der Waals surface area contributed by atoms with Crippen molar-refractivity contribution in [3.8, 4) is 0 Å². The standard InChI is InChI=1S/C17H29N5O3/c1-21(11-15-19-14(20-25-15)4-9-24-3)16(23)13-10-17(12-22(13)2)5-7-18-8-6-17/h13,18H,4-12H2,1-3H3/t13-/m0/s1. The van der Waals surface area contributed by atoms with Crippen LogP contribution in [0.2, 0.25) is 0 Å². The lowest BCUT2D eigenvalue weighted by Crippen LogP contribution is -2.42. The molecule has 0 aromatic carbocycles. The fraction of sp³-hybridized carbons (Fsp3) is 0.824. The maximum absolute atomic E-state index is 12.9. The Kier molecular flexibility index (Phi) is 5.71. The number of ether oxygens (including phenoxy) is 1. The van der Waals surface area contributed by atoms with Crippen LogP contribution in [-0.2, 0) is 22.5 Å². The van der Waals surface area contributed by atoms with Gasteiger partial charge in [0.2, 0.25) is 11.8 Å². The van der Waals surface area contributed by atoms with Crippen molar-refractivity contribution in [3.63, 3.8) is 0 Å². The van der Waals surface area contributed by atoms with E-state index in [1.54, 1.807) is 12.0 Å². The van der Waals surface area contributed by atoms with E-state index in [1.807, 2.05) is 7.05 Å². The lowest BCUT2D eigenvalue weighted by molar-refractivity contribution is -0.135. The number of likely N-dealkylation sites (N-methyl/N-ethyl adjacent to an activating group) is 2. The molecule has 25 heavy (non-hydrogen) atoms. The van der Waals surface area contributed by atoms with Crippen molar-refractivity contribution in [2.24, 2.45) is 5.41 Å². The number of carbonyl (C=O) groups is 1. The lowest BCUT2D eigenvalue weighted by atomic mass is 9.77. The number of hydrogen-bond donors (Lipinski definition) is 1. The second kappa shape index (κ2) is 7.80. The minimum Gasteiger partial charge on any atom is -0.384 e. The van der Waals surface area contributed by atoms with Gasteiger partial charge in [-0.2, -0.15) is 4.98 Å². The van der Waals surface area contributed by atoms with Crippen molar-refractivity contribution in [3.05, 3.63) is 11.7 Å². The van der Waals surface area contributed by atoms with Crippen molar-refractivity contribution in [2.45, 2.75) is 38.3 Å². The fourth-order valence-corrected chi connectivity index (χ4v) is 4.05. The maximum Gasteiger partial charge on any atom is 0.246 e. The van der Waals surface area contributed by atoms with E-state index in [9.17, 15) is 4.79 Å². The highest BCUT2D eigenvalue weighted by Crippen LogP contribution is 2.41. The monoisotopic (exact) mass is 351 g/mol. The van der Waals surface area contributed by atoms with Gasteiger partial charge in [0.15, 0.2) is 5.82 Å². The van der Waals surface area contributed by atoms with Crippen LogP contribution in [0.1, 0.15) is 31.0 Å². The fourth-order valence-electron chi connectivity index (χ4n) is 4.05. The van der Waals surface area contributed by atoms with Crippen LogP contribution < -0.4 is 5.32 Å². The molecule has 3 rings (SSSR count). The van der Waals surface area contributed by atoms with Crippen LogP contribution in [-0.4, -0.2) is 79.3 Å². The summed E-state index contributed by atoms with van der Waals surface area (Å²) in [6.45, 7) is 4.00. The lowest BCUT2D eigenvalue weighted by Gasteiger charge is -2.33. The number of nitrogens with zero attached hydrogens (tertiary/aromatic N) is 4. The smallest absolute Gasteiger partial charge is 0.246 e. The molecular weight excluding hydrogens is 322 g/mol. The van der Waals surface area contributed by atoms with Crippen LogP contribution in [0.4, 0.5) is 0 Å². The molecule has 2 fully saturated rings. The van der Waals surface area contributed by atoms with Crippen LogP contribution in [0.15, 0.2) is 4.52 Å². The molecule has 0 radical (unpaired) electrons. The Labute approximate surface area is 148 Å². The van der Waals surface area contributed by atoms with Gasteiger partial charge in [0, 0.05) is 27.1 Å². The van der Waals surface area contributed by atoms with Crippen LogP contribution in [0, 0.1) is 5.41 Å². The zero-order valence-electron chi connectivity index (χ0n) is 15.5. The zero-order chi connectivity index (χ0) is 17.9. The predicted molar refractivity (Wildman–Crippen MR) is 91.9 cm³/mol. The molecule has 1 amide bonds. The average molecular weight is 351 g/mol. The first-order chi connectivity index (χ1) is 12.0. The summed E-state index contributed by atoms with van der Waals surface area (Å²) in [4.78, 5) is 21.2. The van der Waals surface area contributed by atoms with Crippen LogP contribution in [0.25, 0.3) is 0 Å². The average Bonchev–Trinajstić information content (AvgIpc) is 3.17. The SMILES string of the molecule is COCCc1noc(CN(C)C(=O)[C@@H]2CC3(CCNCC3)CN2C)n1. The molecule has 3 heterocycles. The number of likely N-dealkylation sites (tertiary alicyclic amines) is 1. The Bertz CT molecular complexity index is 585. The third-order valence-corrected chi connectivity index (χ3v) is 5.48. The Balaban J connectivity index is 1.57. The number of piperidine rings is 1. The molecule has 2 aliphatic rings. The third-order valence-electron chi connectivity index (χ3n) is 5.48. The van der Waals surface area contributed by atoms with E-state index >= 15 is 0 Å². The summed E-state index contributed by atoms with van der Waals surface area (Å²) >= 11 is 0. The molecule has 1 spiro atoms. The third kappa shape index (κ3) is 4.19. The van der Waals surface area contributed by atoms with Gasteiger partial charge in [0.05, 0.1) is 19.2 Å². The highest BCUT2D eigenvalue weighted by atomic mass is 16.5. The summed E-state index contributed by atoms with van der Waals surface area (Å²) in [5.41, 5.74) is 0.291. The molecular formula is C17H29N5O3. The van der Waals surface area contributed by atoms with Crippen molar-refractivity contribution >= 4 is 5.91 Å². The van der Waals surface area contributed by atoms with Gasteiger partial charge in [-0.15, -0.1) is 0 Å². The molecule has 2 saturated heterocycles. The Morgan fingerprint density at radius 3 is 2.96 bits per heavy atom. The van der Waals surface area contributed by atoms with E-state index in [1.165, 1.54) is 0 Å². The zero-order valence-corrected chi connectivity index (χ0v) is 15.5. The van der Waals surface area contributed by atoms with Gasteiger partial charge in [-0.1, -0.05) is 5.16 Å². The summed E-state index contributed by atoms with van der Waals surface area (Å²) < 4.78 is 10.3. The van der Waals surface area contributed by atoms with Gasteiger partial charge in [0.25, 0.3) is 0 Å². The number of nitrogens with one attached hydrogen (secondary N) is 1. The first kappa shape index (κ1) is 18.3. The Hall–Kier alpha value is -1.51. The molecule has 1 N–H and O–H groups in total. The van der Waals surface area contributed by atoms with Crippen molar-refractivity contribution in [1.82, 2.24) is 25.3 Å². The van der Waals surface area contributed by atoms with Crippen LogP contribution in [0.5, 0.6) is 0 Å². The summed E-state index contributed by atoms with van der Waals surface area (Å²) in [5, 5.41) is 7.34. The highest BCUT2D eigenvalue weighted by Gasteiger charge is 2.46.